The van der Waals surface area contributed by atoms with Crippen LogP contribution in [-0.4, -0.2) is 30.4 Å². The van der Waals surface area contributed by atoms with E-state index in [4.69, 9.17) is 4.74 Å². The SMILES string of the molecule is C=CCOC(C)CNCCn1ccccc1=O. The van der Waals surface area contributed by atoms with Crippen molar-refractivity contribution in [2.75, 3.05) is 19.7 Å². The summed E-state index contributed by atoms with van der Waals surface area (Å²) >= 11 is 0. The minimum Gasteiger partial charge on any atom is -0.373 e. The molecular weight excluding hydrogens is 216 g/mol. The van der Waals surface area contributed by atoms with Gasteiger partial charge in [-0.05, 0) is 13.0 Å². The highest BCUT2D eigenvalue weighted by molar-refractivity contribution is 4.93. The van der Waals surface area contributed by atoms with E-state index < -0.39 is 0 Å². The zero-order valence-corrected chi connectivity index (χ0v) is 10.3. The highest BCUT2D eigenvalue weighted by Gasteiger charge is 2.00. The predicted octanol–water partition coefficient (Wildman–Crippen LogP) is 1.03. The lowest BCUT2D eigenvalue weighted by Crippen LogP contribution is -2.31. The summed E-state index contributed by atoms with van der Waals surface area (Å²) < 4.78 is 7.10. The molecule has 1 unspecified atom stereocenters. The van der Waals surface area contributed by atoms with Crippen molar-refractivity contribution in [2.45, 2.75) is 19.6 Å². The van der Waals surface area contributed by atoms with Crippen LogP contribution >= 0.6 is 0 Å². The Hall–Kier alpha value is -1.39. The topological polar surface area (TPSA) is 43.3 Å². The number of ether oxygens (including phenoxy) is 1. The summed E-state index contributed by atoms with van der Waals surface area (Å²) in [5.74, 6) is 0. The van der Waals surface area contributed by atoms with Crippen molar-refractivity contribution in [2.24, 2.45) is 0 Å². The molecule has 1 N–H and O–H groups in total. The van der Waals surface area contributed by atoms with Crippen LogP contribution in [0.25, 0.3) is 0 Å². The normalized spacial score (nSPS) is 12.3. The molecule has 17 heavy (non-hydrogen) atoms. The van der Waals surface area contributed by atoms with Crippen LogP contribution in [0.5, 0.6) is 0 Å². The highest BCUT2D eigenvalue weighted by Crippen LogP contribution is 1.88. The smallest absolute Gasteiger partial charge is 0.250 e. The molecule has 1 aromatic heterocycles. The van der Waals surface area contributed by atoms with E-state index in [0.29, 0.717) is 13.2 Å². The van der Waals surface area contributed by atoms with Gasteiger partial charge in [-0.2, -0.15) is 0 Å². The van der Waals surface area contributed by atoms with Crippen molar-refractivity contribution in [1.29, 1.82) is 0 Å². The van der Waals surface area contributed by atoms with E-state index in [9.17, 15) is 4.79 Å². The first-order valence-corrected chi connectivity index (χ1v) is 5.82. The van der Waals surface area contributed by atoms with Gasteiger partial charge >= 0.3 is 0 Å². The summed E-state index contributed by atoms with van der Waals surface area (Å²) in [4.78, 5) is 11.4. The summed E-state index contributed by atoms with van der Waals surface area (Å²) in [6, 6.07) is 5.17. The first-order valence-electron chi connectivity index (χ1n) is 5.82. The molecule has 1 atom stereocenters. The summed E-state index contributed by atoms with van der Waals surface area (Å²) in [7, 11) is 0. The fourth-order valence-corrected chi connectivity index (χ4v) is 1.44. The minimum absolute atomic E-state index is 0.0326. The standard InChI is InChI=1S/C13H20N2O2/c1-3-10-17-12(2)11-14-7-9-15-8-5-4-6-13(15)16/h3-6,8,12,14H,1,7,9-11H2,2H3. The Labute approximate surface area is 102 Å². The zero-order chi connectivity index (χ0) is 12.5. The Morgan fingerprint density at radius 2 is 2.41 bits per heavy atom. The van der Waals surface area contributed by atoms with Crippen LogP contribution in [0.4, 0.5) is 0 Å². The maximum atomic E-state index is 11.4. The van der Waals surface area contributed by atoms with E-state index in [1.54, 1.807) is 29.0 Å². The Kier molecular flexibility index (Phi) is 6.29. The second kappa shape index (κ2) is 7.81. The Morgan fingerprint density at radius 3 is 3.12 bits per heavy atom. The fourth-order valence-electron chi connectivity index (χ4n) is 1.44. The van der Waals surface area contributed by atoms with Gasteiger partial charge in [-0.25, -0.2) is 0 Å². The van der Waals surface area contributed by atoms with Crippen LogP contribution in [0.2, 0.25) is 0 Å². The summed E-state index contributed by atoms with van der Waals surface area (Å²) in [5, 5.41) is 3.25. The molecule has 0 aliphatic heterocycles. The van der Waals surface area contributed by atoms with Crippen LogP contribution in [0, 0.1) is 0 Å². The molecule has 1 rings (SSSR count). The maximum absolute atomic E-state index is 11.4. The molecule has 4 heteroatoms. The largest absolute Gasteiger partial charge is 0.373 e. The minimum atomic E-state index is 0.0326. The molecule has 0 saturated heterocycles. The summed E-state index contributed by atoms with van der Waals surface area (Å²) in [5.41, 5.74) is 0.0326. The molecule has 4 nitrogen and oxygen atoms in total. The molecule has 0 saturated carbocycles. The zero-order valence-electron chi connectivity index (χ0n) is 10.3. The molecule has 0 spiro atoms. The molecule has 0 aromatic carbocycles. The van der Waals surface area contributed by atoms with Gasteiger partial charge in [-0.3, -0.25) is 4.79 Å². The lowest BCUT2D eigenvalue weighted by atomic mass is 10.4. The van der Waals surface area contributed by atoms with E-state index in [2.05, 4.69) is 11.9 Å². The first-order chi connectivity index (χ1) is 8.24. The molecule has 0 aliphatic rings. The molecule has 0 radical (unpaired) electrons. The number of aromatic nitrogens is 1. The van der Waals surface area contributed by atoms with Gasteiger partial charge in [0.15, 0.2) is 0 Å². The quantitative estimate of drug-likeness (QED) is 0.541. The molecule has 0 bridgehead atoms. The molecule has 1 heterocycles. The van der Waals surface area contributed by atoms with E-state index in [0.717, 1.165) is 13.1 Å². The van der Waals surface area contributed by atoms with Crippen molar-refractivity contribution in [3.05, 3.63) is 47.4 Å². The van der Waals surface area contributed by atoms with Crippen LogP contribution < -0.4 is 10.9 Å². The Morgan fingerprint density at radius 1 is 1.59 bits per heavy atom. The van der Waals surface area contributed by atoms with E-state index in [1.165, 1.54) is 0 Å². The predicted molar refractivity (Wildman–Crippen MR) is 69.2 cm³/mol. The van der Waals surface area contributed by atoms with Crippen molar-refractivity contribution in [1.82, 2.24) is 9.88 Å². The van der Waals surface area contributed by atoms with Gasteiger partial charge in [0.25, 0.3) is 5.56 Å². The maximum Gasteiger partial charge on any atom is 0.250 e. The Balaban J connectivity index is 2.18. The van der Waals surface area contributed by atoms with Crippen molar-refractivity contribution in [3.8, 4) is 0 Å². The van der Waals surface area contributed by atoms with Crippen molar-refractivity contribution in [3.63, 3.8) is 0 Å². The summed E-state index contributed by atoms with van der Waals surface area (Å²) in [6.45, 7) is 8.37. The molecule has 0 amide bonds. The van der Waals surface area contributed by atoms with Crippen molar-refractivity contribution >= 4 is 0 Å². The summed E-state index contributed by atoms with van der Waals surface area (Å²) in [6.07, 6.45) is 3.68. The fraction of sp³-hybridized carbons (Fsp3) is 0.462. The molecule has 94 valence electrons. The van der Waals surface area contributed by atoms with Gasteiger partial charge in [-0.15, -0.1) is 6.58 Å². The number of hydrogen-bond acceptors (Lipinski definition) is 3. The molecule has 0 fully saturated rings. The lowest BCUT2D eigenvalue weighted by Gasteiger charge is -2.13. The van der Waals surface area contributed by atoms with E-state index >= 15 is 0 Å². The number of pyridine rings is 1. The second-order valence-electron chi connectivity index (χ2n) is 3.87. The average Bonchev–Trinajstić information content (AvgIpc) is 2.34. The number of nitrogens with zero attached hydrogens (tertiary/aromatic N) is 1. The van der Waals surface area contributed by atoms with Gasteiger partial charge < -0.3 is 14.6 Å². The van der Waals surface area contributed by atoms with Gasteiger partial charge in [0.2, 0.25) is 0 Å². The molecule has 1 aromatic rings. The van der Waals surface area contributed by atoms with E-state index in [1.807, 2.05) is 13.0 Å². The first kappa shape index (κ1) is 13.7. The van der Waals surface area contributed by atoms with E-state index in [-0.39, 0.29) is 11.7 Å². The van der Waals surface area contributed by atoms with Crippen LogP contribution in [0.15, 0.2) is 41.8 Å². The van der Waals surface area contributed by atoms with Gasteiger partial charge in [-0.1, -0.05) is 12.1 Å². The third-order valence-corrected chi connectivity index (χ3v) is 2.36. The van der Waals surface area contributed by atoms with Gasteiger partial charge in [0, 0.05) is 31.9 Å². The third-order valence-electron chi connectivity index (χ3n) is 2.36. The molecule has 0 aliphatic carbocycles. The third kappa shape index (κ3) is 5.47. The highest BCUT2D eigenvalue weighted by atomic mass is 16.5. The van der Waals surface area contributed by atoms with Gasteiger partial charge in [0.05, 0.1) is 12.7 Å². The Bertz CT molecular complexity index is 387. The van der Waals surface area contributed by atoms with Crippen LogP contribution in [0.3, 0.4) is 0 Å². The van der Waals surface area contributed by atoms with Crippen LogP contribution in [-0.2, 0) is 11.3 Å². The van der Waals surface area contributed by atoms with Crippen molar-refractivity contribution < 1.29 is 4.74 Å². The number of nitrogens with one attached hydrogen (secondary N) is 1. The second-order valence-corrected chi connectivity index (χ2v) is 3.87. The van der Waals surface area contributed by atoms with Gasteiger partial charge in [0.1, 0.15) is 0 Å². The lowest BCUT2D eigenvalue weighted by molar-refractivity contribution is 0.0879. The monoisotopic (exact) mass is 236 g/mol. The van der Waals surface area contributed by atoms with Crippen LogP contribution in [0.1, 0.15) is 6.92 Å². The number of rotatable bonds is 8. The molecular formula is C13H20N2O2. The number of hydrogen-bond donors (Lipinski definition) is 1. The average molecular weight is 236 g/mol.